The molecular formula is C13H22N2OS. The van der Waals surface area contributed by atoms with Gasteiger partial charge < -0.3 is 10.6 Å². The van der Waals surface area contributed by atoms with Gasteiger partial charge in [0, 0.05) is 19.5 Å². The molecule has 2 N–H and O–H groups in total. The highest BCUT2D eigenvalue weighted by atomic mass is 32.1. The molecule has 96 valence electrons. The van der Waals surface area contributed by atoms with Crippen molar-refractivity contribution in [3.05, 3.63) is 22.4 Å². The highest BCUT2D eigenvalue weighted by molar-refractivity contribution is 7.07. The first kappa shape index (κ1) is 14.2. The number of carbonyl (C=O) groups is 1. The van der Waals surface area contributed by atoms with Crippen LogP contribution in [0.3, 0.4) is 0 Å². The van der Waals surface area contributed by atoms with Gasteiger partial charge in [-0.2, -0.15) is 11.3 Å². The van der Waals surface area contributed by atoms with Crippen LogP contribution in [0.25, 0.3) is 0 Å². The van der Waals surface area contributed by atoms with Gasteiger partial charge in [0.1, 0.15) is 0 Å². The molecule has 0 unspecified atom stereocenters. The van der Waals surface area contributed by atoms with E-state index in [1.165, 1.54) is 5.56 Å². The van der Waals surface area contributed by atoms with Crippen molar-refractivity contribution < 1.29 is 4.79 Å². The summed E-state index contributed by atoms with van der Waals surface area (Å²) in [6.45, 7) is 6.66. The van der Waals surface area contributed by atoms with E-state index in [-0.39, 0.29) is 5.91 Å². The van der Waals surface area contributed by atoms with Crippen LogP contribution in [-0.4, -0.2) is 25.5 Å². The minimum atomic E-state index is 0.140. The monoisotopic (exact) mass is 254 g/mol. The Morgan fingerprint density at radius 3 is 2.88 bits per heavy atom. The number of nitrogens with one attached hydrogen (secondary N) is 2. The second-order valence-electron chi connectivity index (χ2n) is 4.58. The van der Waals surface area contributed by atoms with Gasteiger partial charge in [0.2, 0.25) is 5.91 Å². The molecule has 1 rings (SSSR count). The summed E-state index contributed by atoms with van der Waals surface area (Å²) in [7, 11) is 0. The van der Waals surface area contributed by atoms with E-state index in [1.807, 2.05) is 0 Å². The van der Waals surface area contributed by atoms with Crippen LogP contribution in [-0.2, 0) is 11.2 Å². The van der Waals surface area contributed by atoms with Crippen molar-refractivity contribution in [1.82, 2.24) is 10.6 Å². The highest BCUT2D eigenvalue weighted by Gasteiger charge is 2.01. The zero-order chi connectivity index (χ0) is 12.5. The number of carbonyl (C=O) groups excluding carboxylic acids is 1. The first-order valence-corrected chi connectivity index (χ1v) is 7.11. The van der Waals surface area contributed by atoms with E-state index >= 15 is 0 Å². The van der Waals surface area contributed by atoms with E-state index < -0.39 is 0 Å². The molecule has 0 atom stereocenters. The van der Waals surface area contributed by atoms with Crippen LogP contribution < -0.4 is 10.6 Å². The predicted octanol–water partition coefficient (Wildman–Crippen LogP) is 2.04. The summed E-state index contributed by atoms with van der Waals surface area (Å²) in [6.07, 6.45) is 1.60. The lowest BCUT2D eigenvalue weighted by atomic mass is 10.2. The Hall–Kier alpha value is -0.870. The van der Waals surface area contributed by atoms with Gasteiger partial charge in [-0.1, -0.05) is 13.8 Å². The van der Waals surface area contributed by atoms with Crippen molar-refractivity contribution in [2.24, 2.45) is 5.92 Å². The summed E-state index contributed by atoms with van der Waals surface area (Å²) in [4.78, 5) is 11.4. The van der Waals surface area contributed by atoms with Gasteiger partial charge in [-0.3, -0.25) is 4.79 Å². The molecule has 0 aliphatic carbocycles. The van der Waals surface area contributed by atoms with Crippen molar-refractivity contribution in [3.63, 3.8) is 0 Å². The van der Waals surface area contributed by atoms with Crippen LogP contribution in [0.1, 0.15) is 25.8 Å². The van der Waals surface area contributed by atoms with Crippen molar-refractivity contribution in [2.75, 3.05) is 19.6 Å². The number of hydrogen-bond donors (Lipinski definition) is 2. The quantitative estimate of drug-likeness (QED) is 0.697. The zero-order valence-corrected chi connectivity index (χ0v) is 11.5. The molecular weight excluding hydrogens is 232 g/mol. The van der Waals surface area contributed by atoms with Gasteiger partial charge in [0.15, 0.2) is 0 Å². The van der Waals surface area contributed by atoms with E-state index in [0.29, 0.717) is 12.3 Å². The minimum Gasteiger partial charge on any atom is -0.356 e. The Morgan fingerprint density at radius 2 is 2.24 bits per heavy atom. The average molecular weight is 254 g/mol. The minimum absolute atomic E-state index is 0.140. The van der Waals surface area contributed by atoms with E-state index in [1.54, 1.807) is 11.3 Å². The Kier molecular flexibility index (Phi) is 6.89. The lowest BCUT2D eigenvalue weighted by Crippen LogP contribution is -2.30. The topological polar surface area (TPSA) is 41.1 Å². The smallest absolute Gasteiger partial charge is 0.221 e. The second-order valence-corrected chi connectivity index (χ2v) is 5.36. The Bertz CT molecular complexity index is 309. The molecule has 0 saturated carbocycles. The molecule has 1 amide bonds. The fourth-order valence-corrected chi connectivity index (χ4v) is 2.10. The number of hydrogen-bond acceptors (Lipinski definition) is 3. The molecule has 0 radical (unpaired) electrons. The molecule has 17 heavy (non-hydrogen) atoms. The van der Waals surface area contributed by atoms with E-state index in [9.17, 15) is 4.79 Å². The molecule has 1 aromatic rings. The van der Waals surface area contributed by atoms with Crippen LogP contribution in [0.15, 0.2) is 16.8 Å². The van der Waals surface area contributed by atoms with Gasteiger partial charge in [-0.05, 0) is 41.3 Å². The summed E-state index contributed by atoms with van der Waals surface area (Å²) in [5, 5.41) is 10.5. The van der Waals surface area contributed by atoms with Gasteiger partial charge in [0.05, 0.1) is 0 Å². The normalized spacial score (nSPS) is 10.8. The molecule has 3 nitrogen and oxygen atoms in total. The maximum absolute atomic E-state index is 11.4. The lowest BCUT2D eigenvalue weighted by molar-refractivity contribution is -0.121. The first-order valence-electron chi connectivity index (χ1n) is 6.17. The molecule has 0 saturated heterocycles. The Labute approximate surface area is 108 Å². The molecule has 0 bridgehead atoms. The van der Waals surface area contributed by atoms with Crippen LogP contribution in [0, 0.1) is 5.92 Å². The van der Waals surface area contributed by atoms with Gasteiger partial charge in [-0.25, -0.2) is 0 Å². The Balaban J connectivity index is 1.95. The Morgan fingerprint density at radius 1 is 1.41 bits per heavy atom. The summed E-state index contributed by atoms with van der Waals surface area (Å²) < 4.78 is 0. The molecule has 4 heteroatoms. The van der Waals surface area contributed by atoms with E-state index in [0.717, 1.165) is 26.1 Å². The molecule has 0 aliphatic rings. The third-order valence-corrected chi connectivity index (χ3v) is 3.14. The maximum atomic E-state index is 11.4. The molecule has 0 aliphatic heterocycles. The third kappa shape index (κ3) is 7.13. The second kappa shape index (κ2) is 8.25. The van der Waals surface area contributed by atoms with Gasteiger partial charge >= 0.3 is 0 Å². The van der Waals surface area contributed by atoms with Crippen molar-refractivity contribution in [3.8, 4) is 0 Å². The molecule has 0 aromatic carbocycles. The highest BCUT2D eigenvalue weighted by Crippen LogP contribution is 2.05. The van der Waals surface area contributed by atoms with E-state index in [2.05, 4.69) is 41.3 Å². The SMILES string of the molecule is CC(C)CNC(=O)CCNCCc1ccsc1. The fraction of sp³-hybridized carbons (Fsp3) is 0.615. The average Bonchev–Trinajstić information content (AvgIpc) is 2.79. The number of rotatable bonds is 8. The first-order chi connectivity index (χ1) is 8.18. The van der Waals surface area contributed by atoms with Gasteiger partial charge in [0.25, 0.3) is 0 Å². The van der Waals surface area contributed by atoms with Crippen LogP contribution in [0.2, 0.25) is 0 Å². The third-order valence-electron chi connectivity index (χ3n) is 2.41. The summed E-state index contributed by atoms with van der Waals surface area (Å²) in [6, 6.07) is 2.14. The fourth-order valence-electron chi connectivity index (χ4n) is 1.40. The zero-order valence-electron chi connectivity index (χ0n) is 10.7. The lowest BCUT2D eigenvalue weighted by Gasteiger charge is -2.08. The van der Waals surface area contributed by atoms with Crippen LogP contribution in [0.4, 0.5) is 0 Å². The molecule has 0 spiro atoms. The summed E-state index contributed by atoms with van der Waals surface area (Å²) in [5.41, 5.74) is 1.37. The van der Waals surface area contributed by atoms with Gasteiger partial charge in [-0.15, -0.1) is 0 Å². The standard InChI is InChI=1S/C13H22N2OS/c1-11(2)9-15-13(16)4-7-14-6-3-12-5-8-17-10-12/h5,8,10-11,14H,3-4,6-7,9H2,1-2H3,(H,15,16). The molecule has 0 fully saturated rings. The van der Waals surface area contributed by atoms with Crippen molar-refractivity contribution >= 4 is 17.2 Å². The number of thiophene rings is 1. The maximum Gasteiger partial charge on any atom is 0.221 e. The van der Waals surface area contributed by atoms with Crippen LogP contribution >= 0.6 is 11.3 Å². The molecule has 1 aromatic heterocycles. The van der Waals surface area contributed by atoms with Crippen molar-refractivity contribution in [2.45, 2.75) is 26.7 Å². The summed E-state index contributed by atoms with van der Waals surface area (Å²) >= 11 is 1.73. The number of amides is 1. The van der Waals surface area contributed by atoms with Crippen molar-refractivity contribution in [1.29, 1.82) is 0 Å². The van der Waals surface area contributed by atoms with Crippen LogP contribution in [0.5, 0.6) is 0 Å². The summed E-state index contributed by atoms with van der Waals surface area (Å²) in [5.74, 6) is 0.659. The molecule has 1 heterocycles. The van der Waals surface area contributed by atoms with E-state index in [4.69, 9.17) is 0 Å². The largest absolute Gasteiger partial charge is 0.356 e. The predicted molar refractivity (Wildman–Crippen MR) is 73.4 cm³/mol.